The van der Waals surface area contributed by atoms with E-state index < -0.39 is 0 Å². The largest absolute Gasteiger partial charge is 0.0891 e. The molecule has 0 unspecified atom stereocenters. The van der Waals surface area contributed by atoms with Crippen LogP contribution in [-0.2, 0) is 0 Å². The third-order valence-electron chi connectivity index (χ3n) is 1.95. The van der Waals surface area contributed by atoms with Crippen LogP contribution in [0.2, 0.25) is 0 Å². The molecule has 0 aromatic carbocycles. The molecule has 1 saturated carbocycles. The maximum absolute atomic E-state index is 3.62. The molecule has 0 aromatic rings. The highest BCUT2D eigenvalue weighted by Gasteiger charge is 2.14. The molecule has 0 aromatic heterocycles. The molecule has 1 aliphatic carbocycles. The lowest BCUT2D eigenvalue weighted by Gasteiger charge is -2.21. The predicted molar refractivity (Wildman–Crippen MR) is 51.7 cm³/mol. The molecule has 1 rings (SSSR count). The number of alkyl halides is 1. The fraction of sp³-hybridized carbons (Fsp3) is 1.00. The van der Waals surface area contributed by atoms with Gasteiger partial charge in [-0.2, -0.15) is 0 Å². The van der Waals surface area contributed by atoms with Gasteiger partial charge in [-0.15, -0.1) is 0 Å². The number of hydrogen-bond acceptors (Lipinski definition) is 0. The minimum atomic E-state index is 0.832. The van der Waals surface area contributed by atoms with Crippen molar-refractivity contribution in [1.29, 1.82) is 0 Å². The van der Waals surface area contributed by atoms with Crippen LogP contribution in [-0.4, -0.2) is 4.83 Å². The number of halogens is 1. The van der Waals surface area contributed by atoms with Gasteiger partial charge < -0.3 is 0 Å². The highest BCUT2D eigenvalue weighted by molar-refractivity contribution is 9.09. The summed E-state index contributed by atoms with van der Waals surface area (Å²) in [5.74, 6) is 0.990. The first-order valence-electron chi connectivity index (χ1n) is 4.43. The normalized spacial score (nSPS) is 32.4. The second-order valence-electron chi connectivity index (χ2n) is 2.86. The molecule has 1 heteroatoms. The van der Waals surface area contributed by atoms with E-state index in [0.29, 0.717) is 0 Å². The van der Waals surface area contributed by atoms with Gasteiger partial charge in [0.2, 0.25) is 0 Å². The Hall–Kier alpha value is 0.480. The topological polar surface area (TPSA) is 0 Å². The van der Waals surface area contributed by atoms with Gasteiger partial charge in [0.05, 0.1) is 0 Å². The summed E-state index contributed by atoms with van der Waals surface area (Å²) in [6, 6.07) is 0. The Bertz CT molecular complexity index is 53.1. The fourth-order valence-electron chi connectivity index (χ4n) is 1.22. The molecule has 0 saturated heterocycles. The lowest BCUT2D eigenvalue weighted by Crippen LogP contribution is -2.10. The average molecular weight is 207 g/mol. The van der Waals surface area contributed by atoms with Gasteiger partial charge in [0.15, 0.2) is 0 Å². The van der Waals surface area contributed by atoms with Crippen LogP contribution in [0.5, 0.6) is 0 Å². The van der Waals surface area contributed by atoms with Crippen LogP contribution >= 0.6 is 15.9 Å². The predicted octanol–water partition coefficient (Wildman–Crippen LogP) is 3.99. The van der Waals surface area contributed by atoms with Crippen molar-refractivity contribution < 1.29 is 0 Å². The van der Waals surface area contributed by atoms with E-state index in [1.54, 1.807) is 0 Å². The molecular weight excluding hydrogens is 188 g/mol. The SMILES string of the molecule is CC.CC1CCC(Br)CC1. The molecule has 0 heterocycles. The van der Waals surface area contributed by atoms with E-state index in [-0.39, 0.29) is 0 Å². The zero-order chi connectivity index (χ0) is 7.98. The van der Waals surface area contributed by atoms with E-state index in [0.717, 1.165) is 10.7 Å². The van der Waals surface area contributed by atoms with Gasteiger partial charge in [0.1, 0.15) is 0 Å². The second kappa shape index (κ2) is 6.21. The highest BCUT2D eigenvalue weighted by Crippen LogP contribution is 2.27. The van der Waals surface area contributed by atoms with Gasteiger partial charge in [-0.05, 0) is 31.6 Å². The summed E-state index contributed by atoms with van der Waals surface area (Å²) >= 11 is 3.62. The Labute approximate surface area is 73.5 Å². The van der Waals surface area contributed by atoms with Crippen LogP contribution in [0.15, 0.2) is 0 Å². The summed E-state index contributed by atoms with van der Waals surface area (Å²) in [5.41, 5.74) is 0. The summed E-state index contributed by atoms with van der Waals surface area (Å²) in [6.45, 7) is 6.35. The molecule has 0 spiro atoms. The van der Waals surface area contributed by atoms with Crippen molar-refractivity contribution in [1.82, 2.24) is 0 Å². The van der Waals surface area contributed by atoms with Gasteiger partial charge in [-0.1, -0.05) is 36.7 Å². The first kappa shape index (κ1) is 10.5. The first-order chi connectivity index (χ1) is 4.79. The Balaban J connectivity index is 0.000000371. The highest BCUT2D eigenvalue weighted by atomic mass is 79.9. The number of hydrogen-bond donors (Lipinski definition) is 0. The Morgan fingerprint density at radius 3 is 1.70 bits per heavy atom. The molecular formula is C9H19Br. The maximum Gasteiger partial charge on any atom is 0.0146 e. The van der Waals surface area contributed by atoms with Crippen LogP contribution in [0.25, 0.3) is 0 Å². The van der Waals surface area contributed by atoms with Gasteiger partial charge in [0, 0.05) is 4.83 Å². The first-order valence-corrected chi connectivity index (χ1v) is 5.34. The summed E-state index contributed by atoms with van der Waals surface area (Å²) in [4.78, 5) is 0.832. The molecule has 0 atom stereocenters. The quantitative estimate of drug-likeness (QED) is 0.527. The molecule has 0 amide bonds. The van der Waals surface area contributed by atoms with Gasteiger partial charge in [-0.3, -0.25) is 0 Å². The van der Waals surface area contributed by atoms with Crippen molar-refractivity contribution in [2.75, 3.05) is 0 Å². The van der Waals surface area contributed by atoms with Crippen molar-refractivity contribution in [2.45, 2.75) is 51.3 Å². The molecule has 0 nitrogen and oxygen atoms in total. The van der Waals surface area contributed by atoms with Crippen LogP contribution in [0.3, 0.4) is 0 Å². The van der Waals surface area contributed by atoms with E-state index in [1.165, 1.54) is 25.7 Å². The zero-order valence-electron chi connectivity index (χ0n) is 7.36. The summed E-state index contributed by atoms with van der Waals surface area (Å²) in [5, 5.41) is 0. The molecule has 0 bridgehead atoms. The lowest BCUT2D eigenvalue weighted by atomic mass is 9.91. The lowest BCUT2D eigenvalue weighted by molar-refractivity contribution is 0.396. The van der Waals surface area contributed by atoms with E-state index >= 15 is 0 Å². The van der Waals surface area contributed by atoms with E-state index in [2.05, 4.69) is 22.9 Å². The Morgan fingerprint density at radius 2 is 1.40 bits per heavy atom. The summed E-state index contributed by atoms with van der Waals surface area (Å²) in [7, 11) is 0. The van der Waals surface area contributed by atoms with Crippen molar-refractivity contribution in [3.8, 4) is 0 Å². The average Bonchev–Trinajstić information content (AvgIpc) is 2.00. The molecule has 1 aliphatic rings. The maximum atomic E-state index is 3.62. The molecule has 0 N–H and O–H groups in total. The molecule has 10 heavy (non-hydrogen) atoms. The number of rotatable bonds is 0. The standard InChI is InChI=1S/C7H13Br.C2H6/c1-6-2-4-7(8)5-3-6;1-2/h6-7H,2-5H2,1H3;1-2H3. The zero-order valence-corrected chi connectivity index (χ0v) is 8.95. The third-order valence-corrected chi connectivity index (χ3v) is 2.86. The summed E-state index contributed by atoms with van der Waals surface area (Å²) < 4.78 is 0. The monoisotopic (exact) mass is 206 g/mol. The van der Waals surface area contributed by atoms with Crippen molar-refractivity contribution in [3.05, 3.63) is 0 Å². The minimum Gasteiger partial charge on any atom is -0.0891 e. The second-order valence-corrected chi connectivity index (χ2v) is 4.15. The van der Waals surface area contributed by atoms with E-state index in [4.69, 9.17) is 0 Å². The van der Waals surface area contributed by atoms with E-state index in [1.807, 2.05) is 13.8 Å². The van der Waals surface area contributed by atoms with Gasteiger partial charge >= 0.3 is 0 Å². The third kappa shape index (κ3) is 4.32. The van der Waals surface area contributed by atoms with Gasteiger partial charge in [-0.25, -0.2) is 0 Å². The smallest absolute Gasteiger partial charge is 0.0146 e. The van der Waals surface area contributed by atoms with Gasteiger partial charge in [0.25, 0.3) is 0 Å². The fourth-order valence-corrected chi connectivity index (χ4v) is 1.75. The van der Waals surface area contributed by atoms with Crippen LogP contribution in [0, 0.1) is 5.92 Å². The van der Waals surface area contributed by atoms with Crippen LogP contribution in [0.1, 0.15) is 46.5 Å². The molecule has 1 fully saturated rings. The molecule has 62 valence electrons. The molecule has 0 aliphatic heterocycles. The summed E-state index contributed by atoms with van der Waals surface area (Å²) in [6.07, 6.45) is 5.63. The van der Waals surface area contributed by atoms with Crippen LogP contribution in [0.4, 0.5) is 0 Å². The molecule has 0 radical (unpaired) electrons. The van der Waals surface area contributed by atoms with Crippen molar-refractivity contribution in [2.24, 2.45) is 5.92 Å². The Kier molecular flexibility index (Phi) is 6.50. The van der Waals surface area contributed by atoms with Crippen LogP contribution < -0.4 is 0 Å². The van der Waals surface area contributed by atoms with Crippen molar-refractivity contribution >= 4 is 15.9 Å². The minimum absolute atomic E-state index is 0.832. The Morgan fingerprint density at radius 1 is 1.00 bits per heavy atom. The van der Waals surface area contributed by atoms with E-state index in [9.17, 15) is 0 Å². The van der Waals surface area contributed by atoms with Crippen molar-refractivity contribution in [3.63, 3.8) is 0 Å².